The maximum absolute atomic E-state index is 14.0. The van der Waals surface area contributed by atoms with Crippen LogP contribution in [-0.2, 0) is 30.3 Å². The number of urea groups is 1. The van der Waals surface area contributed by atoms with Gasteiger partial charge in [0.05, 0.1) is 24.2 Å². The van der Waals surface area contributed by atoms with Gasteiger partial charge in [-0.15, -0.1) is 0 Å². The van der Waals surface area contributed by atoms with Gasteiger partial charge in [0.15, 0.2) is 5.78 Å². The molecule has 12 heteroatoms. The Labute approximate surface area is 207 Å². The fourth-order valence-electron chi connectivity index (χ4n) is 4.54. The van der Waals surface area contributed by atoms with Crippen LogP contribution >= 0.6 is 0 Å². The number of rotatable bonds is 9. The Morgan fingerprint density at radius 2 is 2.11 bits per heavy atom. The summed E-state index contributed by atoms with van der Waals surface area (Å²) in [6.07, 6.45) is 11.7. The Morgan fingerprint density at radius 3 is 2.75 bits per heavy atom. The number of carbonyl (C=O) groups excluding carboxylic acids is 5. The minimum Gasteiger partial charge on any atom is -0.463 e. The number of Topliss-reactive ketones (excluding diaryl/α,β-unsaturated/α-hetero) is 1. The number of imide groups is 1. The van der Waals surface area contributed by atoms with Crippen LogP contribution in [0, 0.1) is 5.41 Å². The molecule has 192 valence electrons. The molecule has 0 bridgehead atoms. The maximum Gasteiger partial charge on any atom is 0.324 e. The third-order valence-corrected chi connectivity index (χ3v) is 6.74. The van der Waals surface area contributed by atoms with Crippen LogP contribution in [0.15, 0.2) is 36.8 Å². The number of aromatic nitrogens is 2. The summed E-state index contributed by atoms with van der Waals surface area (Å²) in [5.74, 6) is -1.92. The molecule has 2 saturated heterocycles. The van der Waals surface area contributed by atoms with E-state index in [2.05, 4.69) is 25.9 Å². The molecule has 4 N–H and O–H groups in total. The zero-order chi connectivity index (χ0) is 25.7. The van der Waals surface area contributed by atoms with Gasteiger partial charge in [-0.2, -0.15) is 0 Å². The van der Waals surface area contributed by atoms with Crippen molar-refractivity contribution in [2.75, 3.05) is 20.2 Å². The molecule has 0 radical (unpaired) electrons. The van der Waals surface area contributed by atoms with Crippen LogP contribution in [0.2, 0.25) is 0 Å². The smallest absolute Gasteiger partial charge is 0.324 e. The maximum atomic E-state index is 14.0. The number of ether oxygens (including phenoxy) is 1. The zero-order valence-corrected chi connectivity index (χ0v) is 20.0. The number of nitrogens with one attached hydrogen (secondary N) is 4. The third-order valence-electron chi connectivity index (χ3n) is 6.74. The van der Waals surface area contributed by atoms with E-state index in [4.69, 9.17) is 4.74 Å². The van der Waals surface area contributed by atoms with Crippen molar-refractivity contribution < 1.29 is 28.7 Å². The monoisotopic (exact) mass is 498 g/mol. The number of aromatic amines is 1. The summed E-state index contributed by atoms with van der Waals surface area (Å²) < 4.78 is 5.59. The number of imidazole rings is 1. The van der Waals surface area contributed by atoms with Gasteiger partial charge in [0, 0.05) is 25.4 Å². The molecule has 2 aliphatic heterocycles. The number of hydrogen-bond acceptors (Lipinski definition) is 8. The molecule has 4 atom stereocenters. The Morgan fingerprint density at radius 1 is 1.28 bits per heavy atom. The lowest BCUT2D eigenvalue weighted by molar-refractivity contribution is -0.151. The fraction of sp³-hybridized carbons (Fsp3) is 0.500. The van der Waals surface area contributed by atoms with Crippen molar-refractivity contribution in [1.82, 2.24) is 30.8 Å². The number of esters is 1. The molecule has 0 aromatic carbocycles. The summed E-state index contributed by atoms with van der Waals surface area (Å²) in [6, 6.07) is -3.23. The van der Waals surface area contributed by atoms with E-state index in [0.29, 0.717) is 12.1 Å². The van der Waals surface area contributed by atoms with Crippen molar-refractivity contribution in [1.29, 1.82) is 0 Å². The average molecular weight is 499 g/mol. The summed E-state index contributed by atoms with van der Waals surface area (Å²) in [5.41, 5.74) is -0.581. The third kappa shape index (κ3) is 5.54. The summed E-state index contributed by atoms with van der Waals surface area (Å²) in [5, 5.41) is 8.28. The Kier molecular flexibility index (Phi) is 7.63. The fourth-order valence-corrected chi connectivity index (χ4v) is 4.54. The van der Waals surface area contributed by atoms with Gasteiger partial charge in [-0.05, 0) is 25.8 Å². The number of allylic oxidation sites excluding steroid dienone is 3. The number of hydrogen-bond donors (Lipinski definition) is 4. The predicted octanol–water partition coefficient (Wildman–Crippen LogP) is -0.256. The molecule has 0 spiro atoms. The minimum absolute atomic E-state index is 0.0938. The van der Waals surface area contributed by atoms with Gasteiger partial charge < -0.3 is 25.7 Å². The molecule has 1 aromatic heterocycles. The molecule has 1 unspecified atom stereocenters. The van der Waals surface area contributed by atoms with E-state index in [1.807, 2.05) is 6.08 Å². The lowest BCUT2D eigenvalue weighted by Gasteiger charge is -2.34. The van der Waals surface area contributed by atoms with E-state index in [-0.39, 0.29) is 31.7 Å². The molecule has 1 aliphatic carbocycles. The first kappa shape index (κ1) is 25.3. The molecule has 12 nitrogen and oxygen atoms in total. The quantitative estimate of drug-likeness (QED) is 0.339. The van der Waals surface area contributed by atoms with E-state index >= 15 is 0 Å². The lowest BCUT2D eigenvalue weighted by Crippen LogP contribution is -2.60. The second-order valence-electron chi connectivity index (χ2n) is 9.27. The normalized spacial score (nSPS) is 26.4. The van der Waals surface area contributed by atoms with Gasteiger partial charge in [-0.1, -0.05) is 24.3 Å². The van der Waals surface area contributed by atoms with Gasteiger partial charge in [-0.3, -0.25) is 24.1 Å². The van der Waals surface area contributed by atoms with Crippen molar-refractivity contribution >= 4 is 29.6 Å². The number of ketones is 1. The van der Waals surface area contributed by atoms with Crippen LogP contribution < -0.4 is 16.0 Å². The Balaban J connectivity index is 1.53. The van der Waals surface area contributed by atoms with E-state index in [0.717, 1.165) is 17.9 Å². The van der Waals surface area contributed by atoms with Gasteiger partial charge in [0.1, 0.15) is 18.7 Å². The molecule has 36 heavy (non-hydrogen) atoms. The number of H-pyrrole nitrogens is 1. The molecule has 2 fully saturated rings. The number of carbonyl (C=O) groups is 5. The molecular weight excluding hydrogens is 468 g/mol. The second-order valence-corrected chi connectivity index (χ2v) is 9.27. The first-order valence-electron chi connectivity index (χ1n) is 11.9. The number of amides is 4. The second kappa shape index (κ2) is 10.9. The van der Waals surface area contributed by atoms with Crippen molar-refractivity contribution in [3.05, 3.63) is 42.5 Å². The zero-order valence-electron chi connectivity index (χ0n) is 20.0. The SMILES string of the molecule is CN1C(=O)C[C@@H](C(=O)N[C@@H](Cc2cnc[nH]2)C(=O)C2(COC(=O)[C@@H]3CCCN3)C=CC=CC2)NC1=O. The first-order chi connectivity index (χ1) is 17.3. The van der Waals surface area contributed by atoms with Crippen molar-refractivity contribution in [2.45, 2.75) is 50.2 Å². The average Bonchev–Trinajstić information content (AvgIpc) is 3.60. The van der Waals surface area contributed by atoms with Crippen LogP contribution in [0.4, 0.5) is 4.79 Å². The van der Waals surface area contributed by atoms with Gasteiger partial charge in [-0.25, -0.2) is 9.78 Å². The largest absolute Gasteiger partial charge is 0.463 e. The van der Waals surface area contributed by atoms with Gasteiger partial charge in [0.2, 0.25) is 11.8 Å². The Bertz CT molecular complexity index is 1060. The highest BCUT2D eigenvalue weighted by molar-refractivity contribution is 6.03. The summed E-state index contributed by atoms with van der Waals surface area (Å²) in [6.45, 7) is 0.559. The topological polar surface area (TPSA) is 163 Å². The standard InChI is InChI=1S/C24H30N6O6/c1-30-19(31)11-18(29-23(30)35)21(33)28-17(10-15-12-25-14-27-15)20(32)24(7-3-2-4-8-24)13-36-22(34)16-6-5-9-26-16/h2-4,7,12,14,16-18,26H,5-6,8-11,13H2,1H3,(H,25,27)(H,28,33)(H,29,35)/t16-,17-,18-,24?/m0/s1. The highest BCUT2D eigenvalue weighted by Gasteiger charge is 2.43. The molecular formula is C24H30N6O6. The molecule has 3 heterocycles. The highest BCUT2D eigenvalue weighted by atomic mass is 16.5. The molecule has 3 aliphatic rings. The van der Waals surface area contributed by atoms with Crippen molar-refractivity contribution in [2.24, 2.45) is 5.41 Å². The van der Waals surface area contributed by atoms with Crippen LogP contribution in [0.3, 0.4) is 0 Å². The Hall–Kier alpha value is -3.80. The summed E-state index contributed by atoms with van der Waals surface area (Å²) in [7, 11) is 1.32. The molecule has 4 rings (SSSR count). The molecule has 0 saturated carbocycles. The van der Waals surface area contributed by atoms with Crippen LogP contribution in [0.1, 0.15) is 31.4 Å². The van der Waals surface area contributed by atoms with E-state index in [1.54, 1.807) is 24.4 Å². The van der Waals surface area contributed by atoms with Gasteiger partial charge in [0.25, 0.3) is 0 Å². The van der Waals surface area contributed by atoms with Crippen LogP contribution in [0.25, 0.3) is 0 Å². The molecule has 4 amide bonds. The van der Waals surface area contributed by atoms with Crippen molar-refractivity contribution in [3.8, 4) is 0 Å². The van der Waals surface area contributed by atoms with Gasteiger partial charge >= 0.3 is 12.0 Å². The number of nitrogens with zero attached hydrogens (tertiary/aromatic N) is 2. The van der Waals surface area contributed by atoms with Crippen LogP contribution in [0.5, 0.6) is 0 Å². The summed E-state index contributed by atoms with van der Waals surface area (Å²) in [4.78, 5) is 71.5. The van der Waals surface area contributed by atoms with E-state index in [1.165, 1.54) is 13.4 Å². The van der Waals surface area contributed by atoms with Crippen LogP contribution in [-0.4, -0.2) is 82.8 Å². The van der Waals surface area contributed by atoms with E-state index < -0.39 is 47.4 Å². The highest BCUT2D eigenvalue weighted by Crippen LogP contribution is 2.32. The lowest BCUT2D eigenvalue weighted by atomic mass is 9.75. The van der Waals surface area contributed by atoms with Crippen molar-refractivity contribution in [3.63, 3.8) is 0 Å². The first-order valence-corrected chi connectivity index (χ1v) is 11.9. The molecule has 1 aromatic rings. The minimum atomic E-state index is -1.19. The van der Waals surface area contributed by atoms with E-state index in [9.17, 15) is 24.0 Å². The summed E-state index contributed by atoms with van der Waals surface area (Å²) >= 11 is 0. The predicted molar refractivity (Wildman–Crippen MR) is 126 cm³/mol.